The third-order valence-corrected chi connectivity index (χ3v) is 3.50. The van der Waals surface area contributed by atoms with Gasteiger partial charge >= 0.3 is 5.97 Å². The van der Waals surface area contributed by atoms with E-state index in [0.29, 0.717) is 25.5 Å². The number of ether oxygens (including phenoxy) is 4. The number of carbonyl (C=O) groups is 2. The number of amides is 1. The molecule has 0 fully saturated rings. The van der Waals surface area contributed by atoms with Crippen LogP contribution in [0.2, 0.25) is 0 Å². The van der Waals surface area contributed by atoms with E-state index in [1.165, 1.54) is 18.3 Å². The van der Waals surface area contributed by atoms with Crippen LogP contribution in [0.3, 0.4) is 0 Å². The summed E-state index contributed by atoms with van der Waals surface area (Å²) in [6.07, 6.45) is 3.14. The summed E-state index contributed by atoms with van der Waals surface area (Å²) in [6, 6.07) is -1.07. The molecule has 0 bridgehead atoms. The molecule has 1 rings (SSSR count). The quantitative estimate of drug-likeness (QED) is 0.387. The molecule has 1 atom stereocenters. The van der Waals surface area contributed by atoms with Gasteiger partial charge in [0.2, 0.25) is 5.91 Å². The lowest BCUT2D eigenvalue weighted by Gasteiger charge is -2.28. The van der Waals surface area contributed by atoms with Crippen molar-refractivity contribution in [3.8, 4) is 0 Å². The number of hydrogen-bond donors (Lipinski definition) is 2. The van der Waals surface area contributed by atoms with Crippen molar-refractivity contribution in [3.63, 3.8) is 0 Å². The zero-order valence-electron chi connectivity index (χ0n) is 15.6. The van der Waals surface area contributed by atoms with Crippen molar-refractivity contribution in [2.75, 3.05) is 60.4 Å². The van der Waals surface area contributed by atoms with Gasteiger partial charge in [-0.2, -0.15) is 0 Å². The van der Waals surface area contributed by atoms with Crippen molar-refractivity contribution in [1.29, 1.82) is 0 Å². The lowest BCUT2D eigenvalue weighted by Crippen LogP contribution is -2.49. The van der Waals surface area contributed by atoms with E-state index in [9.17, 15) is 14.7 Å². The molecule has 0 aliphatic carbocycles. The molecule has 0 radical (unpaired) electrons. The summed E-state index contributed by atoms with van der Waals surface area (Å²) in [5.41, 5.74) is 0.552. The van der Waals surface area contributed by atoms with Crippen LogP contribution in [0.1, 0.15) is 5.69 Å². The number of aromatic amines is 1. The van der Waals surface area contributed by atoms with Crippen molar-refractivity contribution >= 4 is 24.3 Å². The summed E-state index contributed by atoms with van der Waals surface area (Å²) >= 11 is 0. The monoisotopic (exact) mass is 409 g/mol. The van der Waals surface area contributed by atoms with Crippen LogP contribution in [0.5, 0.6) is 0 Å². The van der Waals surface area contributed by atoms with Crippen LogP contribution in [0, 0.1) is 0 Å². The Balaban J connectivity index is 0.00000676. The predicted octanol–water partition coefficient (Wildman–Crippen LogP) is -0.0182. The highest BCUT2D eigenvalue weighted by atomic mass is 35.5. The summed E-state index contributed by atoms with van der Waals surface area (Å²) < 4.78 is 20.3. The van der Waals surface area contributed by atoms with Gasteiger partial charge < -0.3 is 33.9 Å². The normalized spacial score (nSPS) is 11.6. The number of nitrogens with one attached hydrogen (secondary N) is 1. The third-order valence-electron chi connectivity index (χ3n) is 3.50. The number of nitrogens with zero attached hydrogens (tertiary/aromatic N) is 2. The molecule has 1 aromatic heterocycles. The number of rotatable bonds is 15. The van der Waals surface area contributed by atoms with E-state index in [4.69, 9.17) is 18.9 Å². The molecule has 156 valence electrons. The minimum atomic E-state index is -1.12. The molecule has 10 nitrogen and oxygen atoms in total. The Morgan fingerprint density at radius 2 is 1.81 bits per heavy atom. The summed E-state index contributed by atoms with van der Waals surface area (Å²) in [5, 5.41) is 9.59. The predicted molar refractivity (Wildman–Crippen MR) is 98.1 cm³/mol. The zero-order chi connectivity index (χ0) is 19.2. The van der Waals surface area contributed by atoms with Gasteiger partial charge in [-0.25, -0.2) is 9.78 Å². The van der Waals surface area contributed by atoms with Gasteiger partial charge in [-0.1, -0.05) is 0 Å². The number of aromatic nitrogens is 2. The molecule has 0 aromatic carbocycles. The number of imidazole rings is 1. The van der Waals surface area contributed by atoms with E-state index in [0.717, 1.165) is 0 Å². The first-order valence-corrected chi connectivity index (χ1v) is 8.23. The lowest BCUT2D eigenvalue weighted by molar-refractivity contribution is -0.153. The van der Waals surface area contributed by atoms with E-state index in [-0.39, 0.29) is 45.2 Å². The largest absolute Gasteiger partial charge is 0.480 e. The molecule has 0 saturated carbocycles. The molecule has 2 N–H and O–H groups in total. The first kappa shape index (κ1) is 25.3. The summed E-state index contributed by atoms with van der Waals surface area (Å²) in [6.45, 7) is 1.46. The summed E-state index contributed by atoms with van der Waals surface area (Å²) in [4.78, 5) is 32.3. The second-order valence-corrected chi connectivity index (χ2v) is 5.36. The van der Waals surface area contributed by atoms with Crippen LogP contribution >= 0.6 is 12.4 Å². The average Bonchev–Trinajstić information content (AvgIpc) is 3.13. The molecule has 1 unspecified atom stereocenters. The Bertz CT molecular complexity index is 516. The van der Waals surface area contributed by atoms with Crippen LogP contribution in [0.4, 0.5) is 0 Å². The molecule has 0 aliphatic rings. The fourth-order valence-corrected chi connectivity index (χ4v) is 2.18. The van der Waals surface area contributed by atoms with Crippen molar-refractivity contribution < 1.29 is 33.6 Å². The first-order chi connectivity index (χ1) is 12.6. The zero-order valence-corrected chi connectivity index (χ0v) is 16.4. The van der Waals surface area contributed by atoms with Crippen LogP contribution in [-0.4, -0.2) is 98.3 Å². The number of carbonyl (C=O) groups excluding carboxylic acids is 1. The Kier molecular flexibility index (Phi) is 14.4. The van der Waals surface area contributed by atoms with Crippen molar-refractivity contribution in [2.24, 2.45) is 0 Å². The number of H-pyrrole nitrogens is 1. The van der Waals surface area contributed by atoms with Crippen LogP contribution < -0.4 is 0 Å². The van der Waals surface area contributed by atoms with Crippen molar-refractivity contribution in [1.82, 2.24) is 14.9 Å². The van der Waals surface area contributed by atoms with Crippen molar-refractivity contribution in [3.05, 3.63) is 18.2 Å². The SMILES string of the molecule is COCCOCCN(C(=O)COCCOC)C(Cc1c[nH]cn1)C(=O)O.Cl. The van der Waals surface area contributed by atoms with Gasteiger partial charge in [0.05, 0.1) is 45.1 Å². The molecule has 27 heavy (non-hydrogen) atoms. The molecule has 0 aliphatic heterocycles. The molecule has 1 aromatic rings. The van der Waals surface area contributed by atoms with Gasteiger partial charge in [-0.15, -0.1) is 12.4 Å². The summed E-state index contributed by atoms with van der Waals surface area (Å²) in [7, 11) is 3.08. The van der Waals surface area contributed by atoms with Crippen LogP contribution in [-0.2, 0) is 35.0 Å². The highest BCUT2D eigenvalue weighted by Gasteiger charge is 2.30. The topological polar surface area (TPSA) is 123 Å². The second-order valence-electron chi connectivity index (χ2n) is 5.36. The van der Waals surface area contributed by atoms with Crippen LogP contribution in [0.25, 0.3) is 0 Å². The third kappa shape index (κ3) is 10.3. The number of aliphatic carboxylic acids is 1. The van der Waals surface area contributed by atoms with Crippen LogP contribution in [0.15, 0.2) is 12.5 Å². The standard InChI is InChI=1S/C16H27N3O7.ClH/c1-23-5-7-25-4-3-19(15(20)11-26-8-6-24-2)14(16(21)22)9-13-10-17-12-18-13;/h10,12,14H,3-9,11H2,1-2H3,(H,17,18)(H,21,22);1H. The van der Waals surface area contributed by atoms with Gasteiger partial charge in [0.1, 0.15) is 12.6 Å². The number of methoxy groups -OCH3 is 2. The van der Waals surface area contributed by atoms with Gasteiger partial charge in [-0.3, -0.25) is 4.79 Å². The number of carboxylic acid groups (broad SMARTS) is 1. The maximum atomic E-state index is 12.5. The second kappa shape index (κ2) is 15.3. The molecular weight excluding hydrogens is 382 g/mol. The fraction of sp³-hybridized carbons (Fsp3) is 0.688. The number of carboxylic acids is 1. The minimum Gasteiger partial charge on any atom is -0.480 e. The smallest absolute Gasteiger partial charge is 0.326 e. The Labute approximate surface area is 164 Å². The Morgan fingerprint density at radius 3 is 2.37 bits per heavy atom. The maximum absolute atomic E-state index is 12.5. The summed E-state index contributed by atoms with van der Waals surface area (Å²) in [5.74, 6) is -1.55. The van der Waals surface area contributed by atoms with Gasteiger partial charge in [0, 0.05) is 33.4 Å². The maximum Gasteiger partial charge on any atom is 0.326 e. The number of hydrogen-bond acceptors (Lipinski definition) is 7. The van der Waals surface area contributed by atoms with Crippen molar-refractivity contribution in [2.45, 2.75) is 12.5 Å². The lowest BCUT2D eigenvalue weighted by atomic mass is 10.1. The molecular formula is C16H28ClN3O7. The van der Waals surface area contributed by atoms with Gasteiger partial charge in [0.25, 0.3) is 0 Å². The van der Waals surface area contributed by atoms with E-state index < -0.39 is 17.9 Å². The number of halogens is 1. The average molecular weight is 410 g/mol. The van der Waals surface area contributed by atoms with E-state index >= 15 is 0 Å². The van der Waals surface area contributed by atoms with E-state index in [1.54, 1.807) is 13.3 Å². The van der Waals surface area contributed by atoms with E-state index in [1.807, 2.05) is 0 Å². The molecule has 1 heterocycles. The van der Waals surface area contributed by atoms with Gasteiger partial charge in [0.15, 0.2) is 0 Å². The fourth-order valence-electron chi connectivity index (χ4n) is 2.18. The molecule has 0 saturated heterocycles. The Morgan fingerprint density at radius 1 is 1.15 bits per heavy atom. The highest BCUT2D eigenvalue weighted by molar-refractivity contribution is 5.85. The Hall–Kier alpha value is -1.72. The molecule has 0 spiro atoms. The molecule has 11 heteroatoms. The van der Waals surface area contributed by atoms with Gasteiger partial charge in [-0.05, 0) is 0 Å². The van der Waals surface area contributed by atoms with E-state index in [2.05, 4.69) is 9.97 Å². The highest BCUT2D eigenvalue weighted by Crippen LogP contribution is 2.09. The minimum absolute atomic E-state index is 0. The first-order valence-electron chi connectivity index (χ1n) is 8.23. The molecule has 1 amide bonds.